The lowest BCUT2D eigenvalue weighted by molar-refractivity contribution is 0.0728. The van der Waals surface area contributed by atoms with Crippen LogP contribution < -0.4 is 10.2 Å². The van der Waals surface area contributed by atoms with Gasteiger partial charge in [0, 0.05) is 39.9 Å². The fraction of sp³-hybridized carbons (Fsp3) is 0.421. The van der Waals surface area contributed by atoms with Gasteiger partial charge in [-0.2, -0.15) is 0 Å². The van der Waals surface area contributed by atoms with Crippen LogP contribution in [0.3, 0.4) is 0 Å². The number of phenols is 2. The highest BCUT2D eigenvalue weighted by atomic mass is 16.5. The highest BCUT2D eigenvalue weighted by Crippen LogP contribution is 2.44. The number of fused-ring (bicyclic) bond motifs is 1. The van der Waals surface area contributed by atoms with Gasteiger partial charge in [-0.05, 0) is 58.1 Å². The van der Waals surface area contributed by atoms with Gasteiger partial charge in [-0.25, -0.2) is 4.79 Å². The lowest BCUT2D eigenvalue weighted by Crippen LogP contribution is -2.23. The Hall–Kier alpha value is -4.06. The predicted octanol–water partition coefficient (Wildman–Crippen LogP) is 9.28. The Kier molecular flexibility index (Phi) is 8.08. The van der Waals surface area contributed by atoms with E-state index in [1.54, 1.807) is 18.2 Å². The molecule has 0 amide bonds. The van der Waals surface area contributed by atoms with Crippen LogP contribution in [0.2, 0.25) is 0 Å². The van der Waals surface area contributed by atoms with Crippen LogP contribution in [0.4, 0.5) is 0 Å². The number of esters is 1. The monoisotopic (exact) mass is 598 g/mol. The van der Waals surface area contributed by atoms with Crippen LogP contribution in [-0.2, 0) is 21.7 Å². The van der Waals surface area contributed by atoms with Gasteiger partial charge in [-0.3, -0.25) is 4.79 Å². The van der Waals surface area contributed by atoms with Crippen molar-refractivity contribution in [3.63, 3.8) is 0 Å². The Morgan fingerprint density at radius 2 is 1.14 bits per heavy atom. The van der Waals surface area contributed by atoms with Crippen LogP contribution in [-0.4, -0.2) is 16.2 Å². The van der Waals surface area contributed by atoms with Crippen molar-refractivity contribution in [1.29, 1.82) is 0 Å². The Bertz CT molecular complexity index is 1740. The molecule has 6 heteroatoms. The molecule has 0 aliphatic rings. The molecule has 1 heterocycles. The molecular formula is C38H46O6. The summed E-state index contributed by atoms with van der Waals surface area (Å²) in [7, 11) is 0. The Morgan fingerprint density at radius 3 is 1.59 bits per heavy atom. The van der Waals surface area contributed by atoms with Crippen molar-refractivity contribution in [2.45, 2.75) is 105 Å². The molecule has 0 spiro atoms. The van der Waals surface area contributed by atoms with Gasteiger partial charge in [-0.15, -0.1) is 0 Å². The quantitative estimate of drug-likeness (QED) is 0.180. The lowest BCUT2D eigenvalue weighted by Gasteiger charge is -2.30. The van der Waals surface area contributed by atoms with E-state index >= 15 is 0 Å². The molecule has 0 aliphatic heterocycles. The third-order valence-corrected chi connectivity index (χ3v) is 7.86. The van der Waals surface area contributed by atoms with Gasteiger partial charge < -0.3 is 19.4 Å². The smallest absolute Gasteiger partial charge is 0.343 e. The van der Waals surface area contributed by atoms with Gasteiger partial charge in [-0.1, -0.05) is 83.1 Å². The van der Waals surface area contributed by atoms with Crippen LogP contribution in [0.5, 0.6) is 17.2 Å². The van der Waals surface area contributed by atoms with E-state index in [-0.39, 0.29) is 22.5 Å². The maximum atomic E-state index is 14.0. The SMILES string of the molecule is CC(C)(C)c1cc(C(=O)Oc2c(C(C)(C)C)cc(-c3cc(=O)c4ccc(O)cc4o3)cc2C(C)(C)C)cc(C(C)(C)C)c1O. The Labute approximate surface area is 260 Å². The molecule has 0 saturated carbocycles. The van der Waals surface area contributed by atoms with E-state index in [2.05, 4.69) is 0 Å². The Morgan fingerprint density at radius 1 is 0.659 bits per heavy atom. The highest BCUT2D eigenvalue weighted by molar-refractivity contribution is 5.93. The van der Waals surface area contributed by atoms with Crippen LogP contribution in [0.15, 0.2) is 57.7 Å². The van der Waals surface area contributed by atoms with Crippen LogP contribution in [0, 0.1) is 0 Å². The van der Waals surface area contributed by atoms with Gasteiger partial charge in [0.1, 0.15) is 28.6 Å². The average Bonchev–Trinajstić information content (AvgIpc) is 2.85. The largest absolute Gasteiger partial charge is 0.508 e. The second kappa shape index (κ2) is 10.8. The first-order valence-corrected chi connectivity index (χ1v) is 15.0. The molecule has 0 radical (unpaired) electrons. The zero-order valence-electron chi connectivity index (χ0n) is 28.1. The van der Waals surface area contributed by atoms with Crippen molar-refractivity contribution in [3.8, 4) is 28.6 Å². The van der Waals surface area contributed by atoms with Crippen LogP contribution in [0.25, 0.3) is 22.3 Å². The van der Waals surface area contributed by atoms with Gasteiger partial charge in [0.2, 0.25) is 0 Å². The molecule has 1 aromatic heterocycles. The molecule has 0 unspecified atom stereocenters. The third kappa shape index (κ3) is 6.54. The van der Waals surface area contributed by atoms with Crippen molar-refractivity contribution >= 4 is 16.9 Å². The van der Waals surface area contributed by atoms with E-state index in [1.165, 1.54) is 18.2 Å². The van der Waals surface area contributed by atoms with Gasteiger partial charge in [0.05, 0.1) is 10.9 Å². The van der Waals surface area contributed by atoms with E-state index in [4.69, 9.17) is 9.15 Å². The minimum absolute atomic E-state index is 0.00397. The maximum Gasteiger partial charge on any atom is 0.343 e. The number of ether oxygens (including phenoxy) is 1. The summed E-state index contributed by atoms with van der Waals surface area (Å²) in [6.07, 6.45) is 0. The molecule has 44 heavy (non-hydrogen) atoms. The summed E-state index contributed by atoms with van der Waals surface area (Å²) in [6.45, 7) is 24.3. The minimum Gasteiger partial charge on any atom is -0.508 e. The minimum atomic E-state index is -0.516. The van der Waals surface area contributed by atoms with Crippen LogP contribution >= 0.6 is 0 Å². The van der Waals surface area contributed by atoms with Gasteiger partial charge in [0.25, 0.3) is 0 Å². The summed E-state index contributed by atoms with van der Waals surface area (Å²) in [6, 6.07) is 13.2. The van der Waals surface area contributed by atoms with Gasteiger partial charge >= 0.3 is 5.97 Å². The second-order valence-electron chi connectivity index (χ2n) is 15.9. The molecular weight excluding hydrogens is 552 g/mol. The first-order valence-electron chi connectivity index (χ1n) is 15.0. The second-order valence-corrected chi connectivity index (χ2v) is 15.9. The summed E-state index contributed by atoms with van der Waals surface area (Å²) in [5, 5.41) is 21.6. The van der Waals surface area contributed by atoms with E-state index in [9.17, 15) is 19.8 Å². The zero-order chi connectivity index (χ0) is 33.2. The van der Waals surface area contributed by atoms with Crippen molar-refractivity contribution in [3.05, 3.63) is 86.6 Å². The molecule has 0 aliphatic carbocycles. The molecule has 234 valence electrons. The molecule has 0 fully saturated rings. The molecule has 0 atom stereocenters. The molecule has 4 rings (SSSR count). The number of benzene rings is 3. The van der Waals surface area contributed by atoms with Crippen molar-refractivity contribution < 1.29 is 24.2 Å². The van der Waals surface area contributed by atoms with E-state index in [1.807, 2.05) is 95.2 Å². The summed E-state index contributed by atoms with van der Waals surface area (Å²) in [5.41, 5.74) is 2.28. The van der Waals surface area contributed by atoms with Crippen molar-refractivity contribution in [2.75, 3.05) is 0 Å². The number of aromatic hydroxyl groups is 2. The molecule has 0 saturated heterocycles. The number of carbonyl (C=O) groups excluding carboxylic acids is 1. The van der Waals surface area contributed by atoms with Gasteiger partial charge in [0.15, 0.2) is 5.43 Å². The number of hydrogen-bond donors (Lipinski definition) is 2. The van der Waals surface area contributed by atoms with Crippen LogP contribution in [0.1, 0.15) is 116 Å². The normalized spacial score (nSPS) is 12.9. The lowest BCUT2D eigenvalue weighted by atomic mass is 9.78. The third-order valence-electron chi connectivity index (χ3n) is 7.86. The summed E-state index contributed by atoms with van der Waals surface area (Å²) in [5.74, 6) is 0.496. The maximum absolute atomic E-state index is 14.0. The average molecular weight is 599 g/mol. The summed E-state index contributed by atoms with van der Waals surface area (Å²) < 4.78 is 12.5. The summed E-state index contributed by atoms with van der Waals surface area (Å²) >= 11 is 0. The van der Waals surface area contributed by atoms with E-state index in [0.29, 0.717) is 39.1 Å². The number of rotatable bonds is 3. The molecule has 4 aromatic rings. The standard InChI is InChI=1S/C38H46O6/c1-35(2,3)25-17-22(18-26(32(25)41)36(4,5)6)34(42)44-33-27(37(7,8)9)15-21(16-28(33)38(10,11)12)30-20-29(40)24-14-13-23(39)19-31(24)43-30/h13-20,39,41H,1-12H3. The van der Waals surface area contributed by atoms with E-state index in [0.717, 1.165) is 11.1 Å². The van der Waals surface area contributed by atoms with E-state index < -0.39 is 27.6 Å². The molecule has 0 bridgehead atoms. The molecule has 6 nitrogen and oxygen atoms in total. The highest BCUT2D eigenvalue weighted by Gasteiger charge is 2.32. The predicted molar refractivity (Wildman–Crippen MR) is 177 cm³/mol. The number of carbonyl (C=O) groups is 1. The zero-order valence-corrected chi connectivity index (χ0v) is 28.1. The summed E-state index contributed by atoms with van der Waals surface area (Å²) in [4.78, 5) is 27.0. The van der Waals surface area contributed by atoms with Crippen molar-refractivity contribution in [1.82, 2.24) is 0 Å². The molecule has 3 aromatic carbocycles. The first-order chi connectivity index (χ1) is 20.0. The number of hydrogen-bond acceptors (Lipinski definition) is 6. The molecule has 2 N–H and O–H groups in total. The number of phenolic OH excluding ortho intramolecular Hbond substituents is 2. The fourth-order valence-electron chi connectivity index (χ4n) is 5.33. The topological polar surface area (TPSA) is 97.0 Å². The fourth-order valence-corrected chi connectivity index (χ4v) is 5.33. The Balaban J connectivity index is 1.96. The first kappa shape index (κ1) is 32.8. The van der Waals surface area contributed by atoms with Crippen molar-refractivity contribution in [2.24, 2.45) is 0 Å².